The van der Waals surface area contributed by atoms with E-state index in [-0.39, 0.29) is 11.8 Å². The maximum absolute atomic E-state index is 13.7. The molecule has 0 N–H and O–H groups in total. The molecule has 2 atom stereocenters. The molecule has 0 fully saturated rings. The maximum atomic E-state index is 13.7. The summed E-state index contributed by atoms with van der Waals surface area (Å²) in [5.74, 6) is 0.715. The Hall–Kier alpha value is -4.72. The second-order valence-corrected chi connectivity index (χ2v) is 9.56. The van der Waals surface area contributed by atoms with Crippen molar-refractivity contribution in [1.82, 2.24) is 24.5 Å². The summed E-state index contributed by atoms with van der Waals surface area (Å²) >= 11 is 0. The minimum absolute atomic E-state index is 0.0178. The molecule has 0 spiro atoms. The highest BCUT2D eigenvalue weighted by Crippen LogP contribution is 2.42. The van der Waals surface area contributed by atoms with Crippen LogP contribution in [-0.2, 0) is 4.79 Å². The third kappa shape index (κ3) is 4.14. The molecule has 8 nitrogen and oxygen atoms in total. The third-order valence-electron chi connectivity index (χ3n) is 7.25. The zero-order chi connectivity index (χ0) is 26.2. The molecule has 2 aromatic heterocycles. The Balaban J connectivity index is 1.37. The average Bonchev–Trinajstić information content (AvgIpc) is 3.60. The van der Waals surface area contributed by atoms with Crippen LogP contribution >= 0.6 is 0 Å². The minimum Gasteiger partial charge on any atom is -0.495 e. The lowest BCUT2D eigenvalue weighted by atomic mass is 9.86. The second-order valence-electron chi connectivity index (χ2n) is 9.56. The zero-order valence-corrected chi connectivity index (χ0v) is 21.5. The van der Waals surface area contributed by atoms with Gasteiger partial charge in [0.2, 0.25) is 0 Å². The van der Waals surface area contributed by atoms with Crippen molar-refractivity contribution >= 4 is 11.6 Å². The second kappa shape index (κ2) is 9.63. The van der Waals surface area contributed by atoms with Crippen molar-refractivity contribution in [1.29, 1.82) is 0 Å². The van der Waals surface area contributed by atoms with Crippen LogP contribution in [0.25, 0.3) is 16.9 Å². The number of carbonyl (C=O) groups is 1. The van der Waals surface area contributed by atoms with E-state index in [4.69, 9.17) is 4.74 Å². The van der Waals surface area contributed by atoms with Gasteiger partial charge >= 0.3 is 0 Å². The number of amides is 1. The van der Waals surface area contributed by atoms with Crippen molar-refractivity contribution in [2.75, 3.05) is 19.1 Å². The van der Waals surface area contributed by atoms with E-state index < -0.39 is 6.04 Å². The summed E-state index contributed by atoms with van der Waals surface area (Å²) in [5.41, 5.74) is 6.55. The van der Waals surface area contributed by atoms with E-state index in [1.54, 1.807) is 23.0 Å². The summed E-state index contributed by atoms with van der Waals surface area (Å²) in [5, 5.41) is 8.88. The van der Waals surface area contributed by atoms with Crippen molar-refractivity contribution in [2.24, 2.45) is 0 Å². The topological polar surface area (TPSA) is 78.1 Å². The lowest BCUT2D eigenvalue weighted by molar-refractivity contribution is -0.121. The normalized spacial score (nSPS) is 17.2. The van der Waals surface area contributed by atoms with Gasteiger partial charge in [-0.3, -0.25) is 4.79 Å². The van der Waals surface area contributed by atoms with Crippen molar-refractivity contribution in [3.63, 3.8) is 0 Å². The van der Waals surface area contributed by atoms with Crippen LogP contribution in [0.5, 0.6) is 5.75 Å². The Kier molecular flexibility index (Phi) is 5.99. The number of fused-ring (bicyclic) bond motifs is 1. The highest BCUT2D eigenvalue weighted by Gasteiger charge is 2.35. The maximum Gasteiger partial charge on any atom is 0.251 e. The van der Waals surface area contributed by atoms with Crippen LogP contribution in [0.4, 0.5) is 5.69 Å². The van der Waals surface area contributed by atoms with Gasteiger partial charge < -0.3 is 14.2 Å². The smallest absolute Gasteiger partial charge is 0.251 e. The SMILES string of the molecule is COc1cc(-c2cn(C3CC(c4ccccc4)c4ccccc4N(C)C3=O)nn2)ccc1-n1cnc(C)c1. The summed E-state index contributed by atoms with van der Waals surface area (Å²) < 4.78 is 9.31. The van der Waals surface area contributed by atoms with Crippen molar-refractivity contribution in [3.05, 3.63) is 108 Å². The number of nitrogens with zero attached hydrogens (tertiary/aromatic N) is 6. The molecule has 0 aliphatic carbocycles. The summed E-state index contributed by atoms with van der Waals surface area (Å²) in [7, 11) is 3.48. The molecule has 190 valence electrons. The molecule has 0 saturated heterocycles. The molecule has 38 heavy (non-hydrogen) atoms. The first-order valence-corrected chi connectivity index (χ1v) is 12.6. The van der Waals surface area contributed by atoms with Gasteiger partial charge in [0.15, 0.2) is 0 Å². The first-order valence-electron chi connectivity index (χ1n) is 12.6. The highest BCUT2D eigenvalue weighted by atomic mass is 16.5. The number of benzene rings is 3. The highest BCUT2D eigenvalue weighted by molar-refractivity contribution is 5.97. The van der Waals surface area contributed by atoms with Gasteiger partial charge in [-0.15, -0.1) is 5.10 Å². The van der Waals surface area contributed by atoms with Crippen LogP contribution in [0.1, 0.15) is 35.2 Å². The number of hydrogen-bond acceptors (Lipinski definition) is 5. The van der Waals surface area contributed by atoms with Crippen LogP contribution in [0.15, 0.2) is 91.5 Å². The Morgan fingerprint density at radius 1 is 0.947 bits per heavy atom. The molecule has 3 heterocycles. The number of methoxy groups -OCH3 is 1. The van der Waals surface area contributed by atoms with E-state index in [0.717, 1.165) is 28.2 Å². The Bertz CT molecular complexity index is 1610. The number of imidazole rings is 1. The lowest BCUT2D eigenvalue weighted by Crippen LogP contribution is -2.33. The van der Waals surface area contributed by atoms with Crippen LogP contribution in [-0.4, -0.2) is 44.6 Å². The predicted octanol–water partition coefficient (Wildman–Crippen LogP) is 5.19. The van der Waals surface area contributed by atoms with E-state index in [0.29, 0.717) is 17.9 Å². The van der Waals surface area contributed by atoms with E-state index in [9.17, 15) is 4.79 Å². The molecule has 0 bridgehead atoms. The largest absolute Gasteiger partial charge is 0.495 e. The molecular formula is C30H28N6O2. The van der Waals surface area contributed by atoms with Crippen molar-refractivity contribution < 1.29 is 9.53 Å². The summed E-state index contributed by atoms with van der Waals surface area (Å²) in [6, 6.07) is 23.8. The predicted molar refractivity (Wildman–Crippen MR) is 146 cm³/mol. The molecule has 2 unspecified atom stereocenters. The van der Waals surface area contributed by atoms with E-state index >= 15 is 0 Å². The fourth-order valence-corrected chi connectivity index (χ4v) is 5.27. The molecule has 0 saturated carbocycles. The fraction of sp³-hybridized carbons (Fsp3) is 0.200. The quantitative estimate of drug-likeness (QED) is 0.329. The number of para-hydroxylation sites is 1. The molecule has 1 aliphatic rings. The zero-order valence-electron chi connectivity index (χ0n) is 21.5. The number of rotatable bonds is 5. The van der Waals surface area contributed by atoms with Crippen molar-refractivity contribution in [2.45, 2.75) is 25.3 Å². The summed E-state index contributed by atoms with van der Waals surface area (Å²) in [4.78, 5) is 19.8. The first-order chi connectivity index (χ1) is 18.5. The number of hydrogen-bond donors (Lipinski definition) is 0. The molecule has 5 aromatic rings. The minimum atomic E-state index is -0.506. The summed E-state index contributed by atoms with van der Waals surface area (Å²) in [6.07, 6.45) is 6.14. The average molecular weight is 505 g/mol. The van der Waals surface area contributed by atoms with E-state index in [2.05, 4.69) is 33.5 Å². The monoisotopic (exact) mass is 504 g/mol. The molecular weight excluding hydrogens is 476 g/mol. The van der Waals surface area contributed by atoms with Gasteiger partial charge in [0.05, 0.1) is 31.0 Å². The molecule has 0 radical (unpaired) electrons. The van der Waals surface area contributed by atoms with E-state index in [1.807, 2.05) is 85.5 Å². The number of carbonyl (C=O) groups excluding carboxylic acids is 1. The van der Waals surface area contributed by atoms with Gasteiger partial charge in [0.25, 0.3) is 5.91 Å². The molecule has 8 heteroatoms. The van der Waals surface area contributed by atoms with Crippen LogP contribution < -0.4 is 9.64 Å². The van der Waals surface area contributed by atoms with Gasteiger partial charge in [-0.1, -0.05) is 59.8 Å². The number of ether oxygens (including phenoxy) is 1. The number of likely N-dealkylation sites (N-methyl/N-ethyl adjacent to an activating group) is 1. The fourth-order valence-electron chi connectivity index (χ4n) is 5.27. The van der Waals surface area contributed by atoms with Crippen LogP contribution in [0.3, 0.4) is 0 Å². The van der Waals surface area contributed by atoms with Gasteiger partial charge in [-0.25, -0.2) is 9.67 Å². The third-order valence-corrected chi connectivity index (χ3v) is 7.25. The van der Waals surface area contributed by atoms with Gasteiger partial charge in [-0.05, 0) is 42.7 Å². The molecule has 1 aliphatic heterocycles. The van der Waals surface area contributed by atoms with Crippen LogP contribution in [0, 0.1) is 6.92 Å². The number of aromatic nitrogens is 5. The van der Waals surface area contributed by atoms with Gasteiger partial charge in [0.1, 0.15) is 17.5 Å². The molecule has 6 rings (SSSR count). The standard InChI is InChI=1S/C30H28N6O2/c1-20-17-35(19-31-20)27-14-13-22(15-29(27)38-3)25-18-36(33-32-25)28-16-24(21-9-5-4-6-10-21)23-11-7-8-12-26(23)34(2)30(28)37/h4-15,17-19,24,28H,16H2,1-3H3. The van der Waals surface area contributed by atoms with Gasteiger partial charge in [0, 0.05) is 30.4 Å². The Morgan fingerprint density at radius 2 is 1.74 bits per heavy atom. The van der Waals surface area contributed by atoms with Crippen LogP contribution in [0.2, 0.25) is 0 Å². The van der Waals surface area contributed by atoms with Crippen molar-refractivity contribution in [3.8, 4) is 22.7 Å². The first kappa shape index (κ1) is 23.7. The summed E-state index contributed by atoms with van der Waals surface area (Å²) in [6.45, 7) is 1.95. The number of anilines is 1. The molecule has 3 aromatic carbocycles. The molecule has 1 amide bonds. The number of aryl methyl sites for hydroxylation is 1. The lowest BCUT2D eigenvalue weighted by Gasteiger charge is -2.21. The Morgan fingerprint density at radius 3 is 2.50 bits per heavy atom. The van der Waals surface area contributed by atoms with Gasteiger partial charge in [-0.2, -0.15) is 0 Å². The Labute approximate surface area is 221 Å². The van der Waals surface area contributed by atoms with E-state index in [1.165, 1.54) is 5.56 Å².